The molecule has 12 heavy (non-hydrogen) atoms. The van der Waals surface area contributed by atoms with E-state index in [4.69, 9.17) is 4.74 Å². The van der Waals surface area contributed by atoms with E-state index in [1.807, 2.05) is 0 Å². The molecule has 2 atom stereocenters. The third kappa shape index (κ3) is 2.22. The van der Waals surface area contributed by atoms with Gasteiger partial charge in [-0.2, -0.15) is 0 Å². The zero-order chi connectivity index (χ0) is 9.14. The molecule has 0 spiro atoms. The molecule has 0 amide bonds. The summed E-state index contributed by atoms with van der Waals surface area (Å²) >= 11 is 0. The van der Waals surface area contributed by atoms with Crippen LogP contribution < -0.4 is 0 Å². The number of rotatable bonds is 2. The van der Waals surface area contributed by atoms with Gasteiger partial charge in [0, 0.05) is 13.2 Å². The molecule has 1 heteroatoms. The Bertz CT molecular complexity index is 113. The lowest BCUT2D eigenvalue weighted by Gasteiger charge is -2.36. The van der Waals surface area contributed by atoms with Gasteiger partial charge in [0.05, 0.1) is 0 Å². The zero-order valence-corrected chi connectivity index (χ0v) is 8.84. The molecule has 0 aromatic rings. The van der Waals surface area contributed by atoms with Crippen LogP contribution in [0.1, 0.15) is 34.1 Å². The van der Waals surface area contributed by atoms with E-state index < -0.39 is 0 Å². The highest BCUT2D eigenvalue weighted by Crippen LogP contribution is 2.33. The first-order valence-corrected chi connectivity index (χ1v) is 5.20. The molecule has 1 saturated heterocycles. The third-order valence-electron chi connectivity index (χ3n) is 3.17. The van der Waals surface area contributed by atoms with Gasteiger partial charge in [-0.15, -0.1) is 0 Å². The fourth-order valence-corrected chi connectivity index (χ4v) is 2.29. The molecule has 0 aromatic carbocycles. The molecule has 1 fully saturated rings. The molecule has 0 aromatic heterocycles. The van der Waals surface area contributed by atoms with Crippen molar-refractivity contribution in [3.63, 3.8) is 0 Å². The van der Waals surface area contributed by atoms with Crippen molar-refractivity contribution in [2.45, 2.75) is 34.1 Å². The quantitative estimate of drug-likeness (QED) is 0.619. The Morgan fingerprint density at radius 2 is 1.58 bits per heavy atom. The molecule has 1 nitrogen and oxygen atoms in total. The van der Waals surface area contributed by atoms with Crippen LogP contribution in [0.4, 0.5) is 0 Å². The van der Waals surface area contributed by atoms with Crippen LogP contribution in [-0.4, -0.2) is 13.2 Å². The molecule has 1 rings (SSSR count). The van der Waals surface area contributed by atoms with Gasteiger partial charge < -0.3 is 4.74 Å². The second-order valence-corrected chi connectivity index (χ2v) is 4.68. The van der Waals surface area contributed by atoms with Crippen molar-refractivity contribution >= 4 is 0 Å². The second-order valence-electron chi connectivity index (χ2n) is 4.68. The standard InChI is InChI=1S/C11H22O/c1-8(2)10-5-6-12-7-11(10)9(3)4/h8-11H,5-7H2,1-4H3/t10-,11+/m0/s1. The summed E-state index contributed by atoms with van der Waals surface area (Å²) in [4.78, 5) is 0. The van der Waals surface area contributed by atoms with Gasteiger partial charge in [-0.1, -0.05) is 27.7 Å². The smallest absolute Gasteiger partial charge is 0.0499 e. The van der Waals surface area contributed by atoms with Crippen LogP contribution in [-0.2, 0) is 4.74 Å². The predicted molar refractivity (Wildman–Crippen MR) is 52.1 cm³/mol. The van der Waals surface area contributed by atoms with Gasteiger partial charge in [-0.25, -0.2) is 0 Å². The van der Waals surface area contributed by atoms with Gasteiger partial charge in [0.15, 0.2) is 0 Å². The number of hydrogen-bond acceptors (Lipinski definition) is 1. The minimum Gasteiger partial charge on any atom is -0.381 e. The van der Waals surface area contributed by atoms with Crippen LogP contribution in [0.25, 0.3) is 0 Å². The first-order chi connectivity index (χ1) is 5.63. The van der Waals surface area contributed by atoms with E-state index in [1.54, 1.807) is 0 Å². The van der Waals surface area contributed by atoms with Crippen molar-refractivity contribution in [3.8, 4) is 0 Å². The van der Waals surface area contributed by atoms with Gasteiger partial charge in [-0.3, -0.25) is 0 Å². The molecule has 0 bridgehead atoms. The molecule has 1 aliphatic rings. The summed E-state index contributed by atoms with van der Waals surface area (Å²) in [6, 6.07) is 0. The first kappa shape index (κ1) is 10.0. The maximum absolute atomic E-state index is 5.52. The molecule has 0 radical (unpaired) electrons. The maximum Gasteiger partial charge on any atom is 0.0499 e. The summed E-state index contributed by atoms with van der Waals surface area (Å²) in [6.07, 6.45) is 1.26. The van der Waals surface area contributed by atoms with Crippen LogP contribution in [0.3, 0.4) is 0 Å². The summed E-state index contributed by atoms with van der Waals surface area (Å²) in [7, 11) is 0. The Morgan fingerprint density at radius 1 is 1.00 bits per heavy atom. The first-order valence-electron chi connectivity index (χ1n) is 5.20. The van der Waals surface area contributed by atoms with E-state index >= 15 is 0 Å². The zero-order valence-electron chi connectivity index (χ0n) is 8.84. The van der Waals surface area contributed by atoms with Gasteiger partial charge in [-0.05, 0) is 30.1 Å². The molecule has 1 heterocycles. The number of hydrogen-bond donors (Lipinski definition) is 0. The van der Waals surface area contributed by atoms with Crippen molar-refractivity contribution in [2.24, 2.45) is 23.7 Å². The molecule has 0 N–H and O–H groups in total. The third-order valence-corrected chi connectivity index (χ3v) is 3.17. The summed E-state index contributed by atoms with van der Waals surface area (Å²) in [5, 5.41) is 0. The Labute approximate surface area is 76.5 Å². The molecule has 0 unspecified atom stereocenters. The maximum atomic E-state index is 5.52. The summed E-state index contributed by atoms with van der Waals surface area (Å²) < 4.78 is 5.52. The highest BCUT2D eigenvalue weighted by molar-refractivity contribution is 4.78. The van der Waals surface area contributed by atoms with E-state index in [-0.39, 0.29) is 0 Å². The van der Waals surface area contributed by atoms with E-state index in [0.29, 0.717) is 0 Å². The van der Waals surface area contributed by atoms with Crippen molar-refractivity contribution in [1.29, 1.82) is 0 Å². The summed E-state index contributed by atoms with van der Waals surface area (Å²) in [6.45, 7) is 11.3. The van der Waals surface area contributed by atoms with E-state index in [2.05, 4.69) is 27.7 Å². The van der Waals surface area contributed by atoms with Crippen LogP contribution in [0.5, 0.6) is 0 Å². The summed E-state index contributed by atoms with van der Waals surface area (Å²) in [5.74, 6) is 3.27. The SMILES string of the molecule is CC(C)[C@H]1COCC[C@H]1C(C)C. The average Bonchev–Trinajstić information content (AvgIpc) is 2.04. The highest BCUT2D eigenvalue weighted by Gasteiger charge is 2.29. The molecule has 72 valence electrons. The minimum absolute atomic E-state index is 0.776. The molecule has 1 aliphatic heterocycles. The van der Waals surface area contributed by atoms with E-state index in [1.165, 1.54) is 6.42 Å². The summed E-state index contributed by atoms with van der Waals surface area (Å²) in [5.41, 5.74) is 0. The predicted octanol–water partition coefficient (Wildman–Crippen LogP) is 2.95. The largest absolute Gasteiger partial charge is 0.381 e. The van der Waals surface area contributed by atoms with Crippen molar-refractivity contribution in [2.75, 3.05) is 13.2 Å². The average molecular weight is 170 g/mol. The van der Waals surface area contributed by atoms with Crippen molar-refractivity contribution in [1.82, 2.24) is 0 Å². The van der Waals surface area contributed by atoms with E-state index in [0.717, 1.165) is 36.9 Å². The lowest BCUT2D eigenvalue weighted by molar-refractivity contribution is -0.0177. The van der Waals surface area contributed by atoms with Gasteiger partial charge >= 0.3 is 0 Å². The monoisotopic (exact) mass is 170 g/mol. The second kappa shape index (κ2) is 4.27. The van der Waals surface area contributed by atoms with Crippen molar-refractivity contribution < 1.29 is 4.74 Å². The normalized spacial score (nSPS) is 31.5. The fraction of sp³-hybridized carbons (Fsp3) is 1.00. The number of ether oxygens (including phenoxy) is 1. The van der Waals surface area contributed by atoms with Gasteiger partial charge in [0.1, 0.15) is 0 Å². The van der Waals surface area contributed by atoms with Crippen LogP contribution in [0.15, 0.2) is 0 Å². The lowest BCUT2D eigenvalue weighted by Crippen LogP contribution is -2.34. The van der Waals surface area contributed by atoms with E-state index in [9.17, 15) is 0 Å². The van der Waals surface area contributed by atoms with Crippen LogP contribution in [0, 0.1) is 23.7 Å². The highest BCUT2D eigenvalue weighted by atomic mass is 16.5. The Hall–Kier alpha value is -0.0400. The Kier molecular flexibility index (Phi) is 3.57. The topological polar surface area (TPSA) is 9.23 Å². The van der Waals surface area contributed by atoms with Gasteiger partial charge in [0.25, 0.3) is 0 Å². The fourth-order valence-electron chi connectivity index (χ4n) is 2.29. The lowest BCUT2D eigenvalue weighted by atomic mass is 9.75. The Balaban J connectivity index is 2.54. The molecular weight excluding hydrogens is 148 g/mol. The Morgan fingerprint density at radius 3 is 2.00 bits per heavy atom. The van der Waals surface area contributed by atoms with Gasteiger partial charge in [0.2, 0.25) is 0 Å². The van der Waals surface area contributed by atoms with Crippen molar-refractivity contribution in [3.05, 3.63) is 0 Å². The molecule has 0 saturated carbocycles. The van der Waals surface area contributed by atoms with Crippen LogP contribution >= 0.6 is 0 Å². The molecular formula is C11H22O. The molecule has 0 aliphatic carbocycles. The van der Waals surface area contributed by atoms with Crippen LogP contribution in [0.2, 0.25) is 0 Å². The minimum atomic E-state index is 0.776.